The summed E-state index contributed by atoms with van der Waals surface area (Å²) in [6, 6.07) is 4.87. The molecule has 1 saturated carbocycles. The zero-order valence-electron chi connectivity index (χ0n) is 19.1. The van der Waals surface area contributed by atoms with Crippen molar-refractivity contribution in [3.05, 3.63) is 23.8 Å². The number of ketones is 1. The highest BCUT2D eigenvalue weighted by atomic mass is 16.5. The maximum Gasteiger partial charge on any atom is 0.317 e. The first-order valence-electron chi connectivity index (χ1n) is 10.3. The van der Waals surface area contributed by atoms with E-state index in [2.05, 4.69) is 0 Å². The van der Waals surface area contributed by atoms with Gasteiger partial charge in [0.05, 0.1) is 37.9 Å². The first-order chi connectivity index (χ1) is 14.4. The van der Waals surface area contributed by atoms with Crippen LogP contribution in [0.25, 0.3) is 0 Å². The second-order valence-electron chi connectivity index (χ2n) is 8.57. The Morgan fingerprint density at radius 3 is 2.06 bits per heavy atom. The Kier molecular flexibility index (Phi) is 7.70. The van der Waals surface area contributed by atoms with E-state index in [0.717, 1.165) is 0 Å². The predicted octanol–water partition coefficient (Wildman–Crippen LogP) is 2.65. The van der Waals surface area contributed by atoms with Gasteiger partial charge < -0.3 is 24.1 Å². The highest BCUT2D eigenvalue weighted by Crippen LogP contribution is 2.48. The molecule has 31 heavy (non-hydrogen) atoms. The van der Waals surface area contributed by atoms with E-state index in [1.54, 1.807) is 45.9 Å². The molecule has 0 spiro atoms. The Bertz CT molecular complexity index is 819. The van der Waals surface area contributed by atoms with Crippen LogP contribution in [0.15, 0.2) is 18.2 Å². The highest BCUT2D eigenvalue weighted by Gasteiger charge is 2.57. The van der Waals surface area contributed by atoms with Gasteiger partial charge >= 0.3 is 11.9 Å². The van der Waals surface area contributed by atoms with E-state index in [-0.39, 0.29) is 6.42 Å². The molecule has 1 aromatic rings. The molecule has 0 aliphatic heterocycles. The third kappa shape index (κ3) is 5.36. The topological polar surface area (TPSA) is 108 Å². The van der Waals surface area contributed by atoms with E-state index in [9.17, 15) is 19.5 Å². The van der Waals surface area contributed by atoms with Crippen LogP contribution in [0.5, 0.6) is 11.5 Å². The van der Waals surface area contributed by atoms with Crippen molar-refractivity contribution in [3.8, 4) is 11.5 Å². The van der Waals surface area contributed by atoms with E-state index >= 15 is 0 Å². The van der Waals surface area contributed by atoms with Gasteiger partial charge in [0.25, 0.3) is 0 Å². The van der Waals surface area contributed by atoms with Crippen molar-refractivity contribution in [2.45, 2.75) is 64.8 Å². The number of carbonyl (C=O) groups is 3. The fourth-order valence-corrected chi connectivity index (χ4v) is 4.09. The summed E-state index contributed by atoms with van der Waals surface area (Å²) in [6.07, 6.45) is -1.25. The number of benzene rings is 1. The lowest BCUT2D eigenvalue weighted by Gasteiger charge is -2.44. The predicted molar refractivity (Wildman–Crippen MR) is 112 cm³/mol. The largest absolute Gasteiger partial charge is 0.493 e. The molecule has 1 aliphatic carbocycles. The summed E-state index contributed by atoms with van der Waals surface area (Å²) in [5, 5.41) is 11.1. The SMILES string of the molecule is COc1ccc([C@@H]2[C@H](C(=O)OC(C)C)C(=O)C[C@](C)(O)[C@@H]2C(=O)OC(C)C)cc1OC. The number of Topliss-reactive ketones (excluding diaryl/α,β-unsaturated/α-hetero) is 1. The smallest absolute Gasteiger partial charge is 0.317 e. The fraction of sp³-hybridized carbons (Fsp3) is 0.609. The summed E-state index contributed by atoms with van der Waals surface area (Å²) in [4.78, 5) is 39.0. The van der Waals surface area contributed by atoms with E-state index < -0.39 is 53.3 Å². The molecule has 0 amide bonds. The second kappa shape index (κ2) is 9.68. The van der Waals surface area contributed by atoms with Gasteiger partial charge in [0, 0.05) is 12.3 Å². The minimum atomic E-state index is -1.71. The Morgan fingerprint density at radius 1 is 1.00 bits per heavy atom. The lowest BCUT2D eigenvalue weighted by molar-refractivity contribution is -0.176. The molecule has 8 heteroatoms. The van der Waals surface area contributed by atoms with Gasteiger partial charge in [-0.1, -0.05) is 6.07 Å². The van der Waals surface area contributed by atoms with Crippen LogP contribution in [0, 0.1) is 11.8 Å². The van der Waals surface area contributed by atoms with Crippen LogP contribution in [0.2, 0.25) is 0 Å². The Balaban J connectivity index is 2.69. The number of ether oxygens (including phenoxy) is 4. The third-order valence-electron chi connectivity index (χ3n) is 5.27. The van der Waals surface area contributed by atoms with Crippen molar-refractivity contribution in [2.24, 2.45) is 11.8 Å². The summed E-state index contributed by atoms with van der Waals surface area (Å²) >= 11 is 0. The van der Waals surface area contributed by atoms with E-state index in [1.165, 1.54) is 21.1 Å². The van der Waals surface area contributed by atoms with Gasteiger partial charge in [-0.3, -0.25) is 14.4 Å². The number of methoxy groups -OCH3 is 2. The molecule has 1 N–H and O–H groups in total. The van der Waals surface area contributed by atoms with Gasteiger partial charge in [-0.2, -0.15) is 0 Å². The van der Waals surface area contributed by atoms with Crippen molar-refractivity contribution in [1.29, 1.82) is 0 Å². The van der Waals surface area contributed by atoms with Gasteiger partial charge in [-0.25, -0.2) is 0 Å². The second-order valence-corrected chi connectivity index (χ2v) is 8.57. The van der Waals surface area contributed by atoms with Gasteiger partial charge in [0.15, 0.2) is 17.3 Å². The average molecular weight is 437 g/mol. The van der Waals surface area contributed by atoms with Gasteiger partial charge in [-0.05, 0) is 52.3 Å². The number of hydrogen-bond acceptors (Lipinski definition) is 8. The van der Waals surface area contributed by atoms with Crippen LogP contribution in [0.4, 0.5) is 0 Å². The lowest BCUT2D eigenvalue weighted by atomic mass is 9.61. The van der Waals surface area contributed by atoms with E-state index in [4.69, 9.17) is 18.9 Å². The molecule has 172 valence electrons. The molecule has 4 atom stereocenters. The highest BCUT2D eigenvalue weighted by molar-refractivity contribution is 6.02. The lowest BCUT2D eigenvalue weighted by Crippen LogP contribution is -2.55. The molecular formula is C23H32O8. The molecule has 0 aromatic heterocycles. The maximum absolute atomic E-state index is 13.1. The van der Waals surface area contributed by atoms with E-state index in [0.29, 0.717) is 17.1 Å². The minimum Gasteiger partial charge on any atom is -0.493 e. The molecule has 0 saturated heterocycles. The van der Waals surface area contributed by atoms with E-state index in [1.807, 2.05) is 0 Å². The number of esters is 2. The normalized spacial score (nSPS) is 26.0. The molecular weight excluding hydrogens is 404 g/mol. The van der Waals surface area contributed by atoms with Crippen molar-refractivity contribution in [2.75, 3.05) is 14.2 Å². The summed E-state index contributed by atoms with van der Waals surface area (Å²) in [6.45, 7) is 8.15. The monoisotopic (exact) mass is 436 g/mol. The molecule has 1 fully saturated rings. The van der Waals surface area contributed by atoms with Crippen LogP contribution >= 0.6 is 0 Å². The zero-order chi connectivity index (χ0) is 23.5. The first-order valence-corrected chi connectivity index (χ1v) is 10.3. The molecule has 1 aliphatic rings. The molecule has 1 aromatic carbocycles. The first kappa shape index (κ1) is 24.7. The number of rotatable bonds is 7. The Labute approximate surface area is 182 Å². The van der Waals surface area contributed by atoms with Crippen LogP contribution in [-0.4, -0.2) is 54.9 Å². The summed E-state index contributed by atoms with van der Waals surface area (Å²) in [7, 11) is 2.94. The number of aliphatic hydroxyl groups is 1. The maximum atomic E-state index is 13.1. The third-order valence-corrected chi connectivity index (χ3v) is 5.27. The standard InChI is InChI=1S/C23H32O8/c1-12(2)30-21(25)19-15(24)11-23(5,27)20(22(26)31-13(3)4)18(19)14-8-9-16(28-6)17(10-14)29-7/h8-10,12-13,18-20,27H,11H2,1-7H3/t18-,19-,20+,23+/m1/s1. The molecule has 2 rings (SSSR count). The van der Waals surface area contributed by atoms with Crippen molar-refractivity contribution < 1.29 is 38.4 Å². The van der Waals surface area contributed by atoms with Crippen molar-refractivity contribution in [1.82, 2.24) is 0 Å². The molecule has 0 bridgehead atoms. The Hall–Kier alpha value is -2.61. The fourth-order valence-electron chi connectivity index (χ4n) is 4.09. The van der Waals surface area contributed by atoms with Crippen molar-refractivity contribution in [3.63, 3.8) is 0 Å². The molecule has 0 unspecified atom stereocenters. The van der Waals surface area contributed by atoms with Crippen LogP contribution in [0.1, 0.15) is 52.5 Å². The molecule has 0 radical (unpaired) electrons. The quantitative estimate of drug-likeness (QED) is 0.513. The van der Waals surface area contributed by atoms with Crippen LogP contribution < -0.4 is 9.47 Å². The zero-order valence-corrected chi connectivity index (χ0v) is 19.1. The van der Waals surface area contributed by atoms with Gasteiger partial charge in [0.1, 0.15) is 5.92 Å². The molecule has 0 heterocycles. The van der Waals surface area contributed by atoms with Crippen LogP contribution in [0.3, 0.4) is 0 Å². The summed E-state index contributed by atoms with van der Waals surface area (Å²) in [5.74, 6) is -4.56. The Morgan fingerprint density at radius 2 is 1.55 bits per heavy atom. The molecule has 8 nitrogen and oxygen atoms in total. The summed E-state index contributed by atoms with van der Waals surface area (Å²) < 4.78 is 21.4. The van der Waals surface area contributed by atoms with Gasteiger partial charge in [-0.15, -0.1) is 0 Å². The number of hydrogen-bond donors (Lipinski definition) is 1. The van der Waals surface area contributed by atoms with Crippen LogP contribution in [-0.2, 0) is 23.9 Å². The number of carbonyl (C=O) groups excluding carboxylic acids is 3. The minimum absolute atomic E-state index is 0.365. The summed E-state index contributed by atoms with van der Waals surface area (Å²) in [5.41, 5.74) is -1.25. The van der Waals surface area contributed by atoms with Crippen molar-refractivity contribution >= 4 is 17.7 Å². The van der Waals surface area contributed by atoms with Gasteiger partial charge in [0.2, 0.25) is 0 Å². The average Bonchev–Trinajstić information content (AvgIpc) is 2.64.